The molecule has 2 aromatic carbocycles. The smallest absolute Gasteiger partial charge is 0.262 e. The fourth-order valence-electron chi connectivity index (χ4n) is 4.54. The Morgan fingerprint density at radius 2 is 1.47 bits per heavy atom. The summed E-state index contributed by atoms with van der Waals surface area (Å²) in [4.78, 5) is 19.6. The Morgan fingerprint density at radius 3 is 2.06 bits per heavy atom. The molecule has 1 fully saturated rings. The molecule has 0 atom stereocenters. The molecule has 0 radical (unpaired) electrons. The van der Waals surface area contributed by atoms with E-state index < -0.39 is 10.0 Å². The Bertz CT molecular complexity index is 1470. The highest BCUT2D eigenvalue weighted by Crippen LogP contribution is 2.30. The van der Waals surface area contributed by atoms with Crippen LogP contribution < -0.4 is 5.56 Å². The van der Waals surface area contributed by atoms with E-state index in [0.29, 0.717) is 23.3 Å². The second-order valence-corrected chi connectivity index (χ2v) is 11.6. The third-order valence-electron chi connectivity index (χ3n) is 6.44. The zero-order chi connectivity index (χ0) is 25.3. The second kappa shape index (κ2) is 10.2. The van der Waals surface area contributed by atoms with E-state index >= 15 is 0 Å². The van der Waals surface area contributed by atoms with Gasteiger partial charge in [-0.1, -0.05) is 24.3 Å². The molecule has 11 heteroatoms. The van der Waals surface area contributed by atoms with Gasteiger partial charge in [0.15, 0.2) is 0 Å². The van der Waals surface area contributed by atoms with Crippen molar-refractivity contribution < 1.29 is 17.2 Å². The Labute approximate surface area is 211 Å². The van der Waals surface area contributed by atoms with Crippen LogP contribution in [0.1, 0.15) is 17.2 Å². The maximum Gasteiger partial charge on any atom is 0.262 e. The zero-order valence-electron chi connectivity index (χ0n) is 19.3. The minimum absolute atomic E-state index is 0.0218. The van der Waals surface area contributed by atoms with Gasteiger partial charge in [-0.2, -0.15) is 4.31 Å². The summed E-state index contributed by atoms with van der Waals surface area (Å²) >= 11 is 1.36. The minimum Gasteiger partial charge on any atom is -0.298 e. The third kappa shape index (κ3) is 5.10. The Kier molecular flexibility index (Phi) is 6.98. The van der Waals surface area contributed by atoms with Crippen LogP contribution in [0.2, 0.25) is 0 Å². The van der Waals surface area contributed by atoms with Gasteiger partial charge in [-0.05, 0) is 46.8 Å². The topological polar surface area (TPSA) is 75.5 Å². The Hall–Kier alpha value is -2.99. The maximum absolute atomic E-state index is 13.5. The van der Waals surface area contributed by atoms with Crippen molar-refractivity contribution in [1.82, 2.24) is 18.8 Å². The number of fused-ring (bicyclic) bond motifs is 1. The van der Waals surface area contributed by atoms with Crippen molar-refractivity contribution in [3.8, 4) is 0 Å². The highest BCUT2D eigenvalue weighted by molar-refractivity contribution is 7.89. The van der Waals surface area contributed by atoms with E-state index in [9.17, 15) is 22.0 Å². The molecule has 36 heavy (non-hydrogen) atoms. The van der Waals surface area contributed by atoms with Crippen LogP contribution in [0, 0.1) is 11.6 Å². The van der Waals surface area contributed by atoms with E-state index in [4.69, 9.17) is 0 Å². The molecule has 0 unspecified atom stereocenters. The first-order chi connectivity index (χ1) is 17.3. The summed E-state index contributed by atoms with van der Waals surface area (Å²) < 4.78 is 56.0. The quantitative estimate of drug-likeness (QED) is 0.366. The van der Waals surface area contributed by atoms with Crippen molar-refractivity contribution in [2.45, 2.75) is 12.6 Å². The number of benzene rings is 2. The predicted molar refractivity (Wildman–Crippen MR) is 135 cm³/mol. The third-order valence-corrected chi connectivity index (χ3v) is 9.11. The van der Waals surface area contributed by atoms with E-state index in [1.807, 2.05) is 0 Å². The van der Waals surface area contributed by atoms with Crippen LogP contribution >= 0.6 is 11.3 Å². The summed E-state index contributed by atoms with van der Waals surface area (Å²) in [6.07, 6.45) is 1.39. The SMILES string of the molecule is O=c1c2ccsc2ncn1CCS(=O)(=O)N1CCN(C(c2ccc(F)cc2)c2ccc(F)cc2)CC1. The van der Waals surface area contributed by atoms with Gasteiger partial charge in [0, 0.05) is 32.7 Å². The van der Waals surface area contributed by atoms with Crippen molar-refractivity contribution in [2.75, 3.05) is 31.9 Å². The number of sulfonamides is 1. The molecule has 0 spiro atoms. The molecule has 1 aliphatic heterocycles. The van der Waals surface area contributed by atoms with Crippen LogP contribution in [0.15, 0.2) is 71.1 Å². The zero-order valence-corrected chi connectivity index (χ0v) is 20.9. The summed E-state index contributed by atoms with van der Waals surface area (Å²) in [5.41, 5.74) is 1.44. The summed E-state index contributed by atoms with van der Waals surface area (Å²) in [7, 11) is -3.61. The monoisotopic (exact) mass is 530 g/mol. The van der Waals surface area contributed by atoms with Gasteiger partial charge in [0.25, 0.3) is 5.56 Å². The van der Waals surface area contributed by atoms with E-state index in [2.05, 4.69) is 9.88 Å². The average molecular weight is 531 g/mol. The van der Waals surface area contributed by atoms with E-state index in [1.165, 1.54) is 50.8 Å². The van der Waals surface area contributed by atoms with Crippen molar-refractivity contribution >= 4 is 31.6 Å². The number of rotatable bonds is 7. The lowest BCUT2D eigenvalue weighted by Gasteiger charge is -2.39. The van der Waals surface area contributed by atoms with E-state index in [1.54, 1.807) is 35.7 Å². The fraction of sp³-hybridized carbons (Fsp3) is 0.280. The molecule has 2 aromatic heterocycles. The standard InChI is InChI=1S/C25H24F2N4O3S2/c26-20-5-1-18(2-6-20)23(19-3-7-21(27)8-4-19)29-10-12-31(13-11-29)36(33,34)16-14-30-17-28-24-22(25(30)32)9-15-35-24/h1-9,15,17,23H,10-14,16H2. The first-order valence-electron chi connectivity index (χ1n) is 11.5. The van der Waals surface area contributed by atoms with Crippen LogP contribution in [0.4, 0.5) is 8.78 Å². The molecule has 0 amide bonds. The van der Waals surface area contributed by atoms with Gasteiger partial charge < -0.3 is 0 Å². The largest absolute Gasteiger partial charge is 0.298 e. The summed E-state index contributed by atoms with van der Waals surface area (Å²) in [5, 5.41) is 2.27. The number of piperazine rings is 1. The first-order valence-corrected chi connectivity index (χ1v) is 14.0. The number of hydrogen-bond acceptors (Lipinski definition) is 6. The summed E-state index contributed by atoms with van der Waals surface area (Å²) in [6, 6.07) is 13.8. The number of aromatic nitrogens is 2. The number of thiophene rings is 1. The lowest BCUT2D eigenvalue weighted by atomic mass is 9.96. The van der Waals surface area contributed by atoms with Crippen molar-refractivity contribution in [1.29, 1.82) is 0 Å². The summed E-state index contributed by atoms with van der Waals surface area (Å²) in [5.74, 6) is -0.899. The molecular weight excluding hydrogens is 506 g/mol. The molecule has 188 valence electrons. The fourth-order valence-corrected chi connectivity index (χ4v) is 6.67. The van der Waals surface area contributed by atoms with Gasteiger partial charge in [0.1, 0.15) is 16.5 Å². The van der Waals surface area contributed by atoms with Crippen molar-refractivity contribution in [2.24, 2.45) is 0 Å². The molecule has 3 heterocycles. The normalized spacial score (nSPS) is 15.6. The Balaban J connectivity index is 1.29. The molecule has 0 bridgehead atoms. The van der Waals surface area contributed by atoms with Crippen LogP contribution in [0.5, 0.6) is 0 Å². The van der Waals surface area contributed by atoms with Gasteiger partial charge in [0.2, 0.25) is 10.0 Å². The number of aryl methyl sites for hydroxylation is 1. The molecule has 0 aliphatic carbocycles. The number of hydrogen-bond donors (Lipinski definition) is 0. The molecule has 5 rings (SSSR count). The van der Waals surface area contributed by atoms with Gasteiger partial charge in [0.05, 0.1) is 23.5 Å². The predicted octanol–water partition coefficient (Wildman–Crippen LogP) is 3.47. The number of nitrogens with zero attached hydrogens (tertiary/aromatic N) is 4. The van der Waals surface area contributed by atoms with Crippen LogP contribution in [-0.4, -0.2) is 59.1 Å². The Morgan fingerprint density at radius 1 is 0.889 bits per heavy atom. The molecule has 1 saturated heterocycles. The molecule has 0 saturated carbocycles. The highest BCUT2D eigenvalue weighted by atomic mass is 32.2. The van der Waals surface area contributed by atoms with Gasteiger partial charge in [-0.15, -0.1) is 11.3 Å². The van der Waals surface area contributed by atoms with Crippen LogP contribution in [0.25, 0.3) is 10.2 Å². The second-order valence-electron chi connectivity index (χ2n) is 8.64. The van der Waals surface area contributed by atoms with Gasteiger partial charge >= 0.3 is 0 Å². The van der Waals surface area contributed by atoms with Gasteiger partial charge in [-0.3, -0.25) is 14.3 Å². The summed E-state index contributed by atoms with van der Waals surface area (Å²) in [6.45, 7) is 1.46. The lowest BCUT2D eigenvalue weighted by Crippen LogP contribution is -2.50. The lowest BCUT2D eigenvalue weighted by molar-refractivity contribution is 0.155. The minimum atomic E-state index is -3.61. The maximum atomic E-state index is 13.5. The molecular formula is C25H24F2N4O3S2. The number of halogens is 2. The molecule has 1 aliphatic rings. The van der Waals surface area contributed by atoms with Crippen molar-refractivity contribution in [3.05, 3.63) is 99.4 Å². The molecule has 0 N–H and O–H groups in total. The van der Waals surface area contributed by atoms with E-state index in [-0.39, 0.29) is 48.6 Å². The van der Waals surface area contributed by atoms with E-state index in [0.717, 1.165) is 11.1 Å². The van der Waals surface area contributed by atoms with Crippen molar-refractivity contribution in [3.63, 3.8) is 0 Å². The molecule has 7 nitrogen and oxygen atoms in total. The molecule has 4 aromatic rings. The average Bonchev–Trinajstić information content (AvgIpc) is 3.36. The van der Waals surface area contributed by atoms with Gasteiger partial charge in [-0.25, -0.2) is 22.2 Å². The van der Waals surface area contributed by atoms with Crippen LogP contribution in [0.3, 0.4) is 0 Å². The highest BCUT2D eigenvalue weighted by Gasteiger charge is 2.31. The first kappa shape index (κ1) is 24.7. The van der Waals surface area contributed by atoms with Crippen LogP contribution in [-0.2, 0) is 16.6 Å².